The second-order valence-electron chi connectivity index (χ2n) is 5.72. The third kappa shape index (κ3) is 6.99. The molecule has 0 rings (SSSR count). The van der Waals surface area contributed by atoms with Crippen LogP contribution in [0.2, 0.25) is 0 Å². The van der Waals surface area contributed by atoms with Gasteiger partial charge in [0.25, 0.3) is 0 Å². The molecule has 3 nitrogen and oxygen atoms in total. The van der Waals surface area contributed by atoms with Crippen molar-refractivity contribution in [1.29, 1.82) is 0 Å². The van der Waals surface area contributed by atoms with Gasteiger partial charge in [0.05, 0.1) is 0 Å². The monoisotopic (exact) mass is 188 g/mol. The lowest BCUT2D eigenvalue weighted by Gasteiger charge is -2.30. The van der Waals surface area contributed by atoms with Crippen LogP contribution < -0.4 is 11.2 Å². The summed E-state index contributed by atoms with van der Waals surface area (Å²) in [5.41, 5.74) is 8.22. The van der Waals surface area contributed by atoms with Crippen LogP contribution in [-0.2, 0) is 0 Å². The maximum atomic E-state index is 8.84. The molecule has 0 bridgehead atoms. The van der Waals surface area contributed by atoms with Crippen molar-refractivity contribution >= 4 is 0 Å². The quantitative estimate of drug-likeness (QED) is 0.591. The fraction of sp³-hybridized carbons (Fsp3) is 1.00. The van der Waals surface area contributed by atoms with Gasteiger partial charge < -0.3 is 10.9 Å². The highest BCUT2D eigenvalue weighted by atomic mass is 16.5. The Balaban J connectivity index is 3.94. The predicted octanol–water partition coefficient (Wildman–Crippen LogP) is 1.90. The molecule has 0 aliphatic carbocycles. The minimum absolute atomic E-state index is 0.134. The Labute approximate surface area is 81.7 Å². The van der Waals surface area contributed by atoms with Crippen LogP contribution in [0, 0.1) is 5.41 Å². The van der Waals surface area contributed by atoms with E-state index in [1.807, 2.05) is 13.8 Å². The first-order valence-corrected chi connectivity index (χ1v) is 4.83. The SMILES string of the molecule is CC(C)(C)CC(N)CC(C)(C)NO. The van der Waals surface area contributed by atoms with E-state index in [1.165, 1.54) is 0 Å². The Kier molecular flexibility index (Phi) is 4.36. The van der Waals surface area contributed by atoms with Crippen molar-refractivity contribution in [3.05, 3.63) is 0 Å². The van der Waals surface area contributed by atoms with E-state index in [9.17, 15) is 0 Å². The van der Waals surface area contributed by atoms with Gasteiger partial charge in [-0.3, -0.25) is 0 Å². The van der Waals surface area contributed by atoms with E-state index >= 15 is 0 Å². The molecular formula is C10H24N2O. The molecule has 0 radical (unpaired) electrons. The number of hydroxylamine groups is 1. The number of nitrogens with one attached hydrogen (secondary N) is 1. The smallest absolute Gasteiger partial charge is 0.0388 e. The summed E-state index contributed by atoms with van der Waals surface area (Å²) in [6, 6.07) is 0.134. The predicted molar refractivity (Wildman–Crippen MR) is 55.7 cm³/mol. The normalized spacial score (nSPS) is 15.9. The zero-order valence-corrected chi connectivity index (χ0v) is 9.52. The number of rotatable bonds is 4. The van der Waals surface area contributed by atoms with E-state index in [1.54, 1.807) is 0 Å². The van der Waals surface area contributed by atoms with Crippen molar-refractivity contribution in [1.82, 2.24) is 5.48 Å². The molecule has 0 aliphatic heterocycles. The largest absolute Gasteiger partial charge is 0.328 e. The fourth-order valence-corrected chi connectivity index (χ4v) is 1.56. The average molecular weight is 188 g/mol. The van der Waals surface area contributed by atoms with Gasteiger partial charge in [-0.15, -0.1) is 0 Å². The molecule has 1 atom stereocenters. The summed E-state index contributed by atoms with van der Waals surface area (Å²) in [5, 5.41) is 8.84. The molecule has 0 saturated heterocycles. The highest BCUT2D eigenvalue weighted by Gasteiger charge is 2.23. The number of hydrogen-bond acceptors (Lipinski definition) is 3. The maximum Gasteiger partial charge on any atom is 0.0388 e. The van der Waals surface area contributed by atoms with Crippen molar-refractivity contribution in [3.63, 3.8) is 0 Å². The minimum Gasteiger partial charge on any atom is -0.328 e. The number of nitrogens with two attached hydrogens (primary N) is 1. The second kappa shape index (κ2) is 4.40. The van der Waals surface area contributed by atoms with E-state index in [-0.39, 0.29) is 17.0 Å². The Bertz CT molecular complexity index is 149. The van der Waals surface area contributed by atoms with Crippen molar-refractivity contribution in [3.8, 4) is 0 Å². The molecule has 0 amide bonds. The molecule has 0 aromatic carbocycles. The topological polar surface area (TPSA) is 58.3 Å². The van der Waals surface area contributed by atoms with E-state index in [2.05, 4.69) is 26.3 Å². The molecule has 0 fully saturated rings. The van der Waals surface area contributed by atoms with Gasteiger partial charge in [0.2, 0.25) is 0 Å². The Hall–Kier alpha value is -0.120. The van der Waals surface area contributed by atoms with Crippen molar-refractivity contribution in [2.75, 3.05) is 0 Å². The van der Waals surface area contributed by atoms with E-state index in [0.717, 1.165) is 12.8 Å². The van der Waals surface area contributed by atoms with Crippen LogP contribution in [0.5, 0.6) is 0 Å². The first-order chi connectivity index (χ1) is 5.66. The molecule has 0 aromatic rings. The lowest BCUT2D eigenvalue weighted by atomic mass is 9.84. The first-order valence-electron chi connectivity index (χ1n) is 4.83. The molecule has 0 aromatic heterocycles. The highest BCUT2D eigenvalue weighted by Crippen LogP contribution is 2.23. The molecule has 4 N–H and O–H groups in total. The van der Waals surface area contributed by atoms with Crippen LogP contribution in [0.4, 0.5) is 0 Å². The third-order valence-electron chi connectivity index (χ3n) is 1.95. The summed E-state index contributed by atoms with van der Waals surface area (Å²) in [5.74, 6) is 0. The summed E-state index contributed by atoms with van der Waals surface area (Å²) in [6.45, 7) is 10.4. The van der Waals surface area contributed by atoms with Gasteiger partial charge in [-0.2, -0.15) is 5.48 Å². The van der Waals surface area contributed by atoms with E-state index in [0.29, 0.717) is 0 Å². The summed E-state index contributed by atoms with van der Waals surface area (Å²) < 4.78 is 0. The van der Waals surface area contributed by atoms with Crippen molar-refractivity contribution < 1.29 is 5.21 Å². The zero-order valence-electron chi connectivity index (χ0n) is 9.52. The van der Waals surface area contributed by atoms with Gasteiger partial charge in [0, 0.05) is 11.6 Å². The maximum absolute atomic E-state index is 8.84. The van der Waals surface area contributed by atoms with Crippen molar-refractivity contribution in [2.24, 2.45) is 11.1 Å². The molecule has 0 aliphatic rings. The van der Waals surface area contributed by atoms with Gasteiger partial charge in [-0.05, 0) is 32.1 Å². The van der Waals surface area contributed by atoms with Gasteiger partial charge in [-0.25, -0.2) is 0 Å². The van der Waals surface area contributed by atoms with Crippen molar-refractivity contribution in [2.45, 2.75) is 59.0 Å². The minimum atomic E-state index is -0.287. The molecule has 1 unspecified atom stereocenters. The Morgan fingerprint density at radius 3 is 1.92 bits per heavy atom. The lowest BCUT2D eigenvalue weighted by Crippen LogP contribution is -2.43. The summed E-state index contributed by atoms with van der Waals surface area (Å²) >= 11 is 0. The molecule has 0 spiro atoms. The van der Waals surface area contributed by atoms with Gasteiger partial charge >= 0.3 is 0 Å². The number of hydrogen-bond donors (Lipinski definition) is 3. The van der Waals surface area contributed by atoms with Crippen LogP contribution >= 0.6 is 0 Å². The summed E-state index contributed by atoms with van der Waals surface area (Å²) in [4.78, 5) is 0. The molecule has 80 valence electrons. The summed E-state index contributed by atoms with van der Waals surface area (Å²) in [6.07, 6.45) is 1.75. The van der Waals surface area contributed by atoms with Gasteiger partial charge in [-0.1, -0.05) is 20.8 Å². The van der Waals surface area contributed by atoms with E-state index in [4.69, 9.17) is 10.9 Å². The molecule has 0 saturated carbocycles. The molecule has 3 heteroatoms. The third-order valence-corrected chi connectivity index (χ3v) is 1.95. The van der Waals surface area contributed by atoms with Gasteiger partial charge in [0.15, 0.2) is 0 Å². The second-order valence-corrected chi connectivity index (χ2v) is 5.72. The molecular weight excluding hydrogens is 164 g/mol. The average Bonchev–Trinajstić information content (AvgIpc) is 1.81. The van der Waals surface area contributed by atoms with Gasteiger partial charge in [0.1, 0.15) is 0 Å². The van der Waals surface area contributed by atoms with Crippen LogP contribution in [0.25, 0.3) is 0 Å². The van der Waals surface area contributed by atoms with Crippen LogP contribution in [-0.4, -0.2) is 16.8 Å². The zero-order chi connectivity index (χ0) is 10.7. The molecule has 13 heavy (non-hydrogen) atoms. The molecule has 0 heterocycles. The van der Waals surface area contributed by atoms with Crippen LogP contribution in [0.15, 0.2) is 0 Å². The standard InChI is InChI=1S/C10H24N2O/c1-9(2,3)6-8(11)7-10(4,5)12-13/h8,12-13H,6-7,11H2,1-5H3. The van der Waals surface area contributed by atoms with Crippen LogP contribution in [0.1, 0.15) is 47.5 Å². The van der Waals surface area contributed by atoms with E-state index < -0.39 is 0 Å². The highest BCUT2D eigenvalue weighted by molar-refractivity contribution is 4.82. The fourth-order valence-electron chi connectivity index (χ4n) is 1.56. The Morgan fingerprint density at radius 1 is 1.15 bits per heavy atom. The van der Waals surface area contributed by atoms with Crippen LogP contribution in [0.3, 0.4) is 0 Å². The summed E-state index contributed by atoms with van der Waals surface area (Å²) in [7, 11) is 0. The first kappa shape index (κ1) is 12.9. The lowest BCUT2D eigenvalue weighted by molar-refractivity contribution is 0.0695. The Morgan fingerprint density at radius 2 is 1.62 bits per heavy atom.